The van der Waals surface area contributed by atoms with Gasteiger partial charge in [-0.15, -0.1) is 0 Å². The molecule has 2 rings (SSSR count). The van der Waals surface area contributed by atoms with Crippen LogP contribution < -0.4 is 15.4 Å². The summed E-state index contributed by atoms with van der Waals surface area (Å²) >= 11 is 0. The fraction of sp³-hybridized carbons (Fsp3) is 0.273. The molecule has 2 atom stereocenters. The van der Waals surface area contributed by atoms with Crippen LogP contribution in [-0.2, 0) is 33.8 Å². The number of benzene rings is 2. The molecule has 2 aromatic rings. The van der Waals surface area contributed by atoms with Gasteiger partial charge in [0.15, 0.2) is 0 Å². The number of para-hydroxylation sites is 1. The number of ether oxygens (including phenoxy) is 1. The number of aliphatic hydroxyl groups excluding tert-OH is 1. The molecule has 0 aliphatic rings. The summed E-state index contributed by atoms with van der Waals surface area (Å²) < 4.78 is 4.79. The van der Waals surface area contributed by atoms with Gasteiger partial charge in [-0.3, -0.25) is 19.7 Å². The first kappa shape index (κ1) is 27.5. The van der Waals surface area contributed by atoms with Gasteiger partial charge in [-0.05, 0) is 29.2 Å². The first-order valence-electron chi connectivity index (χ1n) is 10.4. The van der Waals surface area contributed by atoms with E-state index in [9.17, 15) is 34.3 Å². The van der Waals surface area contributed by atoms with Gasteiger partial charge in [0.1, 0.15) is 17.4 Å². The van der Waals surface area contributed by atoms with E-state index >= 15 is 0 Å². The Hall–Kier alpha value is -3.78. The van der Waals surface area contributed by atoms with Crippen molar-refractivity contribution in [2.75, 3.05) is 6.61 Å². The minimum absolute atomic E-state index is 0.0546. The molecule has 1 amide bonds. The zero-order valence-electron chi connectivity index (χ0n) is 18.5. The summed E-state index contributed by atoms with van der Waals surface area (Å²) in [6.45, 7) is -0.322. The maximum atomic E-state index is 12.5. The number of aliphatic hydroxyl groups is 1. The quantitative estimate of drug-likeness (QED) is 0.124. The second-order valence-electron chi connectivity index (χ2n) is 7.55. The molecule has 0 spiro atoms. The normalized spacial score (nSPS) is 12.3. The van der Waals surface area contributed by atoms with E-state index in [-0.39, 0.29) is 42.7 Å². The third-order valence-corrected chi connectivity index (χ3v) is 5.06. The lowest BCUT2D eigenvalue weighted by Crippen LogP contribution is -2.48. The lowest BCUT2D eigenvalue weighted by molar-refractivity contribution is -0.140. The maximum Gasteiger partial charge on any atom is 0.475 e. The predicted octanol–water partition coefficient (Wildman–Crippen LogP) is -1.26. The van der Waals surface area contributed by atoms with E-state index in [1.165, 1.54) is 18.2 Å². The van der Waals surface area contributed by atoms with Crippen molar-refractivity contribution >= 4 is 31.4 Å². The average Bonchev–Trinajstić information content (AvgIpc) is 2.80. The molecule has 0 heterocycles. The highest BCUT2D eigenvalue weighted by Gasteiger charge is 2.28. The van der Waals surface area contributed by atoms with Crippen molar-refractivity contribution in [2.45, 2.75) is 31.4 Å². The third-order valence-electron chi connectivity index (χ3n) is 5.06. The molecule has 0 fully saturated rings. The summed E-state index contributed by atoms with van der Waals surface area (Å²) in [5.41, 5.74) is 1.19. The lowest BCUT2D eigenvalue weighted by Gasteiger charge is -2.20. The molecular weight excluding hydrogens is 463 g/mol. The highest BCUT2D eigenvalue weighted by atomic mass is 16.5. The number of rotatable bonds is 14. The Morgan fingerprint density at radius 1 is 1.03 bits per heavy atom. The topological polar surface area (TPSA) is 203 Å². The Morgan fingerprint density at radius 3 is 2.23 bits per heavy atom. The molecule has 1 unspecified atom stereocenters. The fourth-order valence-corrected chi connectivity index (χ4v) is 3.26. The minimum Gasteiger partial charge on any atom is -0.480 e. The fourth-order valence-electron chi connectivity index (χ4n) is 3.26. The number of aromatic carboxylic acids is 1. The van der Waals surface area contributed by atoms with Crippen LogP contribution in [0, 0.1) is 0 Å². The Bertz CT molecular complexity index is 1050. The van der Waals surface area contributed by atoms with Crippen LogP contribution in [-0.4, -0.2) is 75.4 Å². The van der Waals surface area contributed by atoms with Crippen LogP contribution in [0.5, 0.6) is 5.75 Å². The Balaban J connectivity index is 2.04. The molecule has 0 aliphatic heterocycles. The number of amides is 1. The first-order chi connectivity index (χ1) is 16.7. The predicted molar refractivity (Wildman–Crippen MR) is 121 cm³/mol. The van der Waals surface area contributed by atoms with Crippen LogP contribution in [0.2, 0.25) is 0 Å². The molecule has 0 aromatic heterocycles. The van der Waals surface area contributed by atoms with Crippen molar-refractivity contribution in [1.82, 2.24) is 10.6 Å². The van der Waals surface area contributed by atoms with Crippen molar-refractivity contribution in [1.29, 1.82) is 0 Å². The van der Waals surface area contributed by atoms with E-state index in [4.69, 9.17) is 14.9 Å². The van der Waals surface area contributed by atoms with Gasteiger partial charge in [0, 0.05) is 6.54 Å². The molecule has 0 saturated heterocycles. The lowest BCUT2D eigenvalue weighted by atomic mass is 9.75. The Kier molecular flexibility index (Phi) is 10.4. The van der Waals surface area contributed by atoms with E-state index in [2.05, 4.69) is 10.6 Å². The van der Waals surface area contributed by atoms with Crippen molar-refractivity contribution < 1.29 is 49.3 Å². The van der Waals surface area contributed by atoms with Crippen LogP contribution in [0.4, 0.5) is 0 Å². The highest BCUT2D eigenvalue weighted by molar-refractivity contribution is 6.43. The smallest absolute Gasteiger partial charge is 0.475 e. The van der Waals surface area contributed by atoms with Gasteiger partial charge in [-0.25, -0.2) is 4.79 Å². The maximum absolute atomic E-state index is 12.5. The number of carboxylic acids is 2. The molecule has 0 saturated carbocycles. The average molecular weight is 488 g/mol. The van der Waals surface area contributed by atoms with Crippen LogP contribution >= 0.6 is 0 Å². The summed E-state index contributed by atoms with van der Waals surface area (Å²) in [5.74, 6) is -4.56. The van der Waals surface area contributed by atoms with Crippen molar-refractivity contribution in [3.05, 3.63) is 64.7 Å². The number of nitrogens with one attached hydrogen (secondary N) is 2. The SMILES string of the molecule is O=COc1c(C[C@H](NC(=O)Cc2ccc(CNC(CO)C(=O)O)cc2)B(O)O)cccc1C(=O)O. The zero-order chi connectivity index (χ0) is 26.0. The molecule has 12 nitrogen and oxygen atoms in total. The molecular formula is C22H25BN2O10. The van der Waals surface area contributed by atoms with Gasteiger partial charge in [-0.1, -0.05) is 36.4 Å². The second kappa shape index (κ2) is 13.2. The van der Waals surface area contributed by atoms with Crippen LogP contribution in [0.25, 0.3) is 0 Å². The van der Waals surface area contributed by atoms with Crippen molar-refractivity contribution in [3.63, 3.8) is 0 Å². The van der Waals surface area contributed by atoms with E-state index in [1.807, 2.05) is 0 Å². The minimum atomic E-state index is -1.99. The van der Waals surface area contributed by atoms with E-state index < -0.39 is 43.6 Å². The zero-order valence-corrected chi connectivity index (χ0v) is 18.5. The highest BCUT2D eigenvalue weighted by Crippen LogP contribution is 2.25. The number of hydrogen-bond acceptors (Lipinski definition) is 9. The summed E-state index contributed by atoms with van der Waals surface area (Å²) in [4.78, 5) is 45.6. The van der Waals surface area contributed by atoms with Gasteiger partial charge in [0.2, 0.25) is 5.91 Å². The summed E-state index contributed by atoms with van der Waals surface area (Å²) in [6, 6.07) is 9.58. The molecule has 186 valence electrons. The van der Waals surface area contributed by atoms with Crippen molar-refractivity contribution in [2.24, 2.45) is 0 Å². The Labute approximate surface area is 200 Å². The molecule has 0 radical (unpaired) electrons. The van der Waals surface area contributed by atoms with Gasteiger partial charge in [0.25, 0.3) is 6.47 Å². The van der Waals surface area contributed by atoms with Gasteiger partial charge < -0.3 is 35.4 Å². The van der Waals surface area contributed by atoms with Crippen LogP contribution in [0.3, 0.4) is 0 Å². The van der Waals surface area contributed by atoms with Gasteiger partial charge >= 0.3 is 19.1 Å². The molecule has 7 N–H and O–H groups in total. The summed E-state index contributed by atoms with van der Waals surface area (Å²) in [7, 11) is -1.99. The van der Waals surface area contributed by atoms with Crippen LogP contribution in [0.1, 0.15) is 27.0 Å². The number of carbonyl (C=O) groups is 4. The first-order valence-corrected chi connectivity index (χ1v) is 10.4. The van der Waals surface area contributed by atoms with E-state index in [1.54, 1.807) is 24.3 Å². The summed E-state index contributed by atoms with van der Waals surface area (Å²) in [5, 5.41) is 51.9. The molecule has 13 heteroatoms. The van der Waals surface area contributed by atoms with E-state index in [0.717, 1.165) is 5.56 Å². The molecule has 35 heavy (non-hydrogen) atoms. The summed E-state index contributed by atoms with van der Waals surface area (Å²) in [6.07, 6.45) is -0.341. The molecule has 2 aromatic carbocycles. The Morgan fingerprint density at radius 2 is 1.69 bits per heavy atom. The largest absolute Gasteiger partial charge is 0.480 e. The van der Waals surface area contributed by atoms with E-state index in [0.29, 0.717) is 5.56 Å². The third kappa shape index (κ3) is 8.19. The number of aliphatic carboxylic acids is 1. The molecule has 0 bridgehead atoms. The standard InChI is InChI=1S/C22H25BN2O10/c26-11-17(22(31)32)24-10-14-6-4-13(5-7-14)8-19(28)25-18(23(33)34)9-15-2-1-3-16(21(29)30)20(15)35-12-27/h1-7,12,17-18,24,26,33-34H,8-11H2,(H,25,28)(H,29,30)(H,31,32)/t17?,18-/m0/s1. The van der Waals surface area contributed by atoms with Crippen molar-refractivity contribution in [3.8, 4) is 5.75 Å². The monoisotopic (exact) mass is 488 g/mol. The van der Waals surface area contributed by atoms with Crippen LogP contribution in [0.15, 0.2) is 42.5 Å². The second-order valence-corrected chi connectivity index (χ2v) is 7.55. The number of carboxylic acid groups (broad SMARTS) is 2. The van der Waals surface area contributed by atoms with Gasteiger partial charge in [0.05, 0.1) is 19.0 Å². The number of carbonyl (C=O) groups excluding carboxylic acids is 2. The number of hydrogen-bond donors (Lipinski definition) is 7. The molecule has 0 aliphatic carbocycles. The van der Waals surface area contributed by atoms with Gasteiger partial charge in [-0.2, -0.15) is 0 Å².